The van der Waals surface area contributed by atoms with Crippen LogP contribution in [0.4, 0.5) is 4.39 Å². The first kappa shape index (κ1) is 15.4. The highest BCUT2D eigenvalue weighted by molar-refractivity contribution is 5.87. The normalized spacial score (nSPS) is 20.5. The molecule has 1 fully saturated rings. The molecule has 2 aromatic carbocycles. The number of nitrogens with one attached hydrogen (secondary N) is 1. The number of halogens is 1. The molecular formula is C25H27FN4O3. The third-order valence-corrected chi connectivity index (χ3v) is 5.28. The number of likely N-dealkylation sites (tertiary alicyclic amines) is 1. The second-order valence-electron chi connectivity index (χ2n) is 7.56. The van der Waals surface area contributed by atoms with E-state index in [0.717, 1.165) is 10.6 Å². The Morgan fingerprint density at radius 1 is 1.12 bits per heavy atom. The zero-order valence-corrected chi connectivity index (χ0v) is 18.2. The molecule has 0 saturated carbocycles. The smallest absolute Gasteiger partial charge is 0.230 e. The van der Waals surface area contributed by atoms with E-state index in [1.807, 2.05) is 6.92 Å². The molecule has 5 rings (SSSR count). The lowest BCUT2D eigenvalue weighted by atomic mass is 10.2. The van der Waals surface area contributed by atoms with Crippen LogP contribution in [-0.2, 0) is 0 Å². The summed E-state index contributed by atoms with van der Waals surface area (Å²) in [5, 5.41) is 0.763. The minimum Gasteiger partial charge on any atom is -0.493 e. The number of H-pyrrole nitrogens is 1. The third-order valence-electron chi connectivity index (χ3n) is 5.28. The second kappa shape index (κ2) is 9.23. The predicted molar refractivity (Wildman–Crippen MR) is 125 cm³/mol. The predicted octanol–water partition coefficient (Wildman–Crippen LogP) is 5.22. The fourth-order valence-corrected chi connectivity index (χ4v) is 3.71. The molecule has 172 valence electrons. The maximum absolute atomic E-state index is 15.1. The standard InChI is InChI=1S/C25H27FN4O3/c1-16-12-17-19(29-16)6-7-21(24(17)26)33-25-18-13-22(31-2)23(14-20(18)27-15-28-25)32-11-5-10-30-8-3-4-9-30/h6-7,12-15,29H,3-5,8-11H2,1-2H3/i8D2,9D2,11D2. The van der Waals surface area contributed by atoms with Crippen LogP contribution in [0, 0.1) is 12.7 Å². The van der Waals surface area contributed by atoms with Crippen molar-refractivity contribution in [1.82, 2.24) is 19.9 Å². The van der Waals surface area contributed by atoms with Crippen molar-refractivity contribution in [2.24, 2.45) is 0 Å². The highest BCUT2D eigenvalue weighted by Gasteiger charge is 2.17. The minimum atomic E-state index is -2.28. The van der Waals surface area contributed by atoms with Crippen LogP contribution in [0.3, 0.4) is 0 Å². The fourth-order valence-electron chi connectivity index (χ4n) is 3.71. The van der Waals surface area contributed by atoms with Crippen LogP contribution in [-0.4, -0.2) is 53.1 Å². The van der Waals surface area contributed by atoms with Gasteiger partial charge in [-0.2, -0.15) is 0 Å². The zero-order chi connectivity index (χ0) is 28.2. The van der Waals surface area contributed by atoms with E-state index >= 15 is 4.39 Å². The molecule has 0 spiro atoms. The van der Waals surface area contributed by atoms with E-state index in [2.05, 4.69) is 15.0 Å². The lowest BCUT2D eigenvalue weighted by molar-refractivity contribution is 0.254. The van der Waals surface area contributed by atoms with Crippen LogP contribution in [0.2, 0.25) is 0 Å². The Morgan fingerprint density at radius 3 is 2.79 bits per heavy atom. The maximum Gasteiger partial charge on any atom is 0.230 e. The van der Waals surface area contributed by atoms with Crippen molar-refractivity contribution in [3.8, 4) is 23.1 Å². The number of methoxy groups -OCH3 is 1. The Morgan fingerprint density at radius 2 is 1.97 bits per heavy atom. The third kappa shape index (κ3) is 4.43. The molecule has 0 bridgehead atoms. The number of fused-ring (bicyclic) bond motifs is 2. The van der Waals surface area contributed by atoms with Crippen molar-refractivity contribution in [3.63, 3.8) is 0 Å². The topological polar surface area (TPSA) is 72.5 Å². The SMILES string of the molecule is [2H]C([2H])(CCN1C([2H])([2H])CCC1([2H])[2H])Oc1cc2ncnc(Oc3ccc4[nH]c(C)cc4c3F)c2cc1OC. The van der Waals surface area contributed by atoms with E-state index in [-0.39, 0.29) is 48.9 Å². The summed E-state index contributed by atoms with van der Waals surface area (Å²) in [5.74, 6) is -0.330. The summed E-state index contributed by atoms with van der Waals surface area (Å²) in [6, 6.07) is 7.84. The molecule has 0 amide bonds. The van der Waals surface area contributed by atoms with Crippen molar-refractivity contribution < 1.29 is 26.8 Å². The number of hydrogen-bond donors (Lipinski definition) is 1. The van der Waals surface area contributed by atoms with Gasteiger partial charge in [0.25, 0.3) is 0 Å². The fraction of sp³-hybridized carbons (Fsp3) is 0.360. The number of aryl methyl sites for hydroxylation is 1. The molecule has 2 aromatic heterocycles. The number of hydrogen-bond acceptors (Lipinski definition) is 6. The van der Waals surface area contributed by atoms with Gasteiger partial charge in [-0.05, 0) is 63.4 Å². The van der Waals surface area contributed by atoms with Crippen molar-refractivity contribution in [3.05, 3.63) is 48.2 Å². The molecule has 1 saturated heterocycles. The van der Waals surface area contributed by atoms with Gasteiger partial charge < -0.3 is 24.1 Å². The monoisotopic (exact) mass is 456 g/mol. The number of rotatable bonds is 8. The van der Waals surface area contributed by atoms with Crippen LogP contribution in [0.25, 0.3) is 21.8 Å². The summed E-state index contributed by atoms with van der Waals surface area (Å²) in [6.45, 7) is -4.40. The summed E-state index contributed by atoms with van der Waals surface area (Å²) < 4.78 is 80.9. The maximum atomic E-state index is 15.1. The number of aromatic nitrogens is 3. The van der Waals surface area contributed by atoms with Crippen LogP contribution >= 0.6 is 0 Å². The molecule has 3 heterocycles. The van der Waals surface area contributed by atoms with Gasteiger partial charge in [0.05, 0.1) is 27.3 Å². The molecule has 33 heavy (non-hydrogen) atoms. The van der Waals surface area contributed by atoms with E-state index in [1.54, 1.807) is 12.1 Å². The molecule has 0 radical (unpaired) electrons. The van der Waals surface area contributed by atoms with Crippen LogP contribution in [0.15, 0.2) is 36.7 Å². The average Bonchev–Trinajstić information content (AvgIpc) is 3.34. The summed E-state index contributed by atoms with van der Waals surface area (Å²) in [7, 11) is 1.38. The molecule has 7 nitrogen and oxygen atoms in total. The lowest BCUT2D eigenvalue weighted by Crippen LogP contribution is -2.21. The van der Waals surface area contributed by atoms with Crippen LogP contribution in [0.1, 0.15) is 33.2 Å². The van der Waals surface area contributed by atoms with Gasteiger partial charge in [-0.25, -0.2) is 14.4 Å². The Balaban J connectivity index is 1.40. The van der Waals surface area contributed by atoms with E-state index in [9.17, 15) is 0 Å². The highest BCUT2D eigenvalue weighted by atomic mass is 19.1. The van der Waals surface area contributed by atoms with Gasteiger partial charge in [0.15, 0.2) is 23.1 Å². The molecular weight excluding hydrogens is 423 g/mol. The van der Waals surface area contributed by atoms with E-state index < -0.39 is 25.4 Å². The van der Waals surface area contributed by atoms with Crippen molar-refractivity contribution in [2.75, 3.05) is 33.2 Å². The van der Waals surface area contributed by atoms with Crippen LogP contribution in [0.5, 0.6) is 23.1 Å². The van der Waals surface area contributed by atoms with Gasteiger partial charge in [-0.1, -0.05) is 0 Å². The van der Waals surface area contributed by atoms with E-state index in [0.29, 0.717) is 21.8 Å². The van der Waals surface area contributed by atoms with E-state index in [1.165, 1.54) is 31.6 Å². The summed E-state index contributed by atoms with van der Waals surface area (Å²) >= 11 is 0. The highest BCUT2D eigenvalue weighted by Crippen LogP contribution is 2.37. The van der Waals surface area contributed by atoms with Gasteiger partial charge >= 0.3 is 0 Å². The molecule has 0 unspecified atom stereocenters. The second-order valence-corrected chi connectivity index (χ2v) is 7.56. The molecule has 1 aliphatic heterocycles. The van der Waals surface area contributed by atoms with Gasteiger partial charge in [0, 0.05) is 34.7 Å². The number of aromatic amines is 1. The van der Waals surface area contributed by atoms with Gasteiger partial charge in [-0.3, -0.25) is 0 Å². The Kier molecular flexibility index (Phi) is 4.32. The lowest BCUT2D eigenvalue weighted by Gasteiger charge is -2.16. The van der Waals surface area contributed by atoms with E-state index in [4.69, 9.17) is 22.4 Å². The van der Waals surface area contributed by atoms with Crippen molar-refractivity contribution in [1.29, 1.82) is 0 Å². The van der Waals surface area contributed by atoms with Gasteiger partial charge in [0.1, 0.15) is 6.33 Å². The molecule has 1 aliphatic rings. The number of nitrogens with zero attached hydrogens (tertiary/aromatic N) is 3. The van der Waals surface area contributed by atoms with Gasteiger partial charge in [0.2, 0.25) is 5.88 Å². The largest absolute Gasteiger partial charge is 0.493 e. The first-order valence-electron chi connectivity index (χ1n) is 13.5. The first-order chi connectivity index (χ1) is 18.3. The van der Waals surface area contributed by atoms with Crippen LogP contribution < -0.4 is 14.2 Å². The minimum absolute atomic E-state index is 0.0229. The first-order valence-corrected chi connectivity index (χ1v) is 10.5. The quantitative estimate of drug-likeness (QED) is 0.392. The molecule has 1 N–H and O–H groups in total. The molecule has 0 atom stereocenters. The Hall–Kier alpha value is -3.39. The van der Waals surface area contributed by atoms with Crippen molar-refractivity contribution >= 4 is 21.8 Å². The number of benzene rings is 2. The summed E-state index contributed by atoms with van der Waals surface area (Å²) in [6.07, 6.45) is 0.979. The van der Waals surface area contributed by atoms with Crippen molar-refractivity contribution in [2.45, 2.75) is 26.2 Å². The zero-order valence-electron chi connectivity index (χ0n) is 24.2. The summed E-state index contributed by atoms with van der Waals surface area (Å²) in [5.41, 5.74) is 1.78. The summed E-state index contributed by atoms with van der Waals surface area (Å²) in [4.78, 5) is 12.5. The molecule has 8 heteroatoms. The average molecular weight is 457 g/mol. The van der Waals surface area contributed by atoms with Gasteiger partial charge in [-0.15, -0.1) is 0 Å². The number of ether oxygens (including phenoxy) is 3. The molecule has 4 aromatic rings. The Bertz CT molecular complexity index is 1530. The Labute approximate surface area is 199 Å². The molecule has 0 aliphatic carbocycles.